The molecule has 0 aliphatic carbocycles. The number of hydrogen-bond donors (Lipinski definition) is 0. The van der Waals surface area contributed by atoms with Crippen molar-refractivity contribution in [3.05, 3.63) is 122 Å². The highest BCUT2D eigenvalue weighted by molar-refractivity contribution is 5.70. The molecule has 0 radical (unpaired) electrons. The maximum atomic E-state index is 12.8. The first-order valence-corrected chi connectivity index (χ1v) is 26.1. The summed E-state index contributed by atoms with van der Waals surface area (Å²) >= 11 is 0. The third-order valence-corrected chi connectivity index (χ3v) is 10.5. The monoisotopic (exact) mass is 885 g/mol. The molecule has 0 fully saturated rings. The van der Waals surface area contributed by atoms with Gasteiger partial charge in [0.2, 0.25) is 0 Å². The maximum Gasteiger partial charge on any atom is 0.306 e. The van der Waals surface area contributed by atoms with Crippen LogP contribution in [-0.2, 0) is 23.8 Å². The van der Waals surface area contributed by atoms with E-state index >= 15 is 0 Å². The molecule has 0 N–H and O–H groups in total. The lowest BCUT2D eigenvalue weighted by molar-refractivity contribution is -0.162. The molecule has 0 rings (SSSR count). The molecule has 0 aromatic rings. The SMILES string of the molecule is CC/C=C\C/C=C\C/C=C\C/C=C\C/C=C\CCCCCCOCC(COC(=O)CCCCCCC/C=C\CCCCCCCC)OC(=O)CC/C=C\C/C=C\C/C=C\C/C=C\CC. The number of esters is 2. The first-order chi connectivity index (χ1) is 31.6. The number of hydrogen-bond acceptors (Lipinski definition) is 5. The van der Waals surface area contributed by atoms with E-state index in [1.165, 1.54) is 57.8 Å². The summed E-state index contributed by atoms with van der Waals surface area (Å²) in [5.41, 5.74) is 0. The summed E-state index contributed by atoms with van der Waals surface area (Å²) in [4.78, 5) is 25.4. The Morgan fingerprint density at radius 2 is 0.734 bits per heavy atom. The minimum Gasteiger partial charge on any atom is -0.462 e. The predicted molar refractivity (Wildman–Crippen MR) is 279 cm³/mol. The van der Waals surface area contributed by atoms with Crippen LogP contribution >= 0.6 is 0 Å². The molecule has 0 saturated heterocycles. The Labute approximate surface area is 395 Å². The van der Waals surface area contributed by atoms with E-state index in [0.29, 0.717) is 19.4 Å². The van der Waals surface area contributed by atoms with Crippen LogP contribution in [0.2, 0.25) is 0 Å². The van der Waals surface area contributed by atoms with E-state index < -0.39 is 6.10 Å². The smallest absolute Gasteiger partial charge is 0.306 e. The lowest BCUT2D eigenvalue weighted by Crippen LogP contribution is -2.30. The summed E-state index contributed by atoms with van der Waals surface area (Å²) in [5.74, 6) is -0.523. The van der Waals surface area contributed by atoms with Gasteiger partial charge in [-0.3, -0.25) is 9.59 Å². The zero-order valence-electron chi connectivity index (χ0n) is 41.5. The van der Waals surface area contributed by atoms with Gasteiger partial charge in [0, 0.05) is 19.4 Å². The lowest BCUT2D eigenvalue weighted by Gasteiger charge is -2.18. The van der Waals surface area contributed by atoms with E-state index in [1.54, 1.807) is 0 Å². The molecule has 0 heterocycles. The van der Waals surface area contributed by atoms with Crippen molar-refractivity contribution >= 4 is 11.9 Å². The Balaban J connectivity index is 4.42. The van der Waals surface area contributed by atoms with Gasteiger partial charge in [0.15, 0.2) is 6.10 Å². The van der Waals surface area contributed by atoms with Gasteiger partial charge >= 0.3 is 11.9 Å². The fourth-order valence-electron chi connectivity index (χ4n) is 6.66. The van der Waals surface area contributed by atoms with Gasteiger partial charge in [0.05, 0.1) is 6.61 Å². The minimum absolute atomic E-state index is 0.0346. The van der Waals surface area contributed by atoms with Crippen molar-refractivity contribution in [2.45, 2.75) is 219 Å². The summed E-state index contributed by atoms with van der Waals surface area (Å²) in [6.07, 6.45) is 75.1. The van der Waals surface area contributed by atoms with Crippen LogP contribution in [-0.4, -0.2) is 37.9 Å². The third kappa shape index (κ3) is 50.9. The predicted octanol–water partition coefficient (Wildman–Crippen LogP) is 17.8. The molecule has 1 atom stereocenters. The van der Waals surface area contributed by atoms with Gasteiger partial charge in [-0.05, 0) is 116 Å². The standard InChI is InChI=1S/C59H96O5/c1-4-7-10-13-16-19-22-25-27-28-29-30-31-33-36-39-42-45-48-51-54-62-55-57(64-59(61)53-50-47-44-41-38-34-24-21-18-15-12-9-6-3)56-63-58(60)52-49-46-43-40-37-35-32-26-23-20-17-14-11-8-5-2/h7,9-10,12,16,18-19,21,25-27,29-30,32-34,36,38,44,47,57H,4-6,8,11,13-15,17,20,22-24,28,31,35,37,39-43,45-46,48-56H2,1-3H3/b10-7-,12-9-,19-16-,21-18-,27-25-,30-29-,32-26-,36-33-,38-34-,47-44-. The zero-order valence-corrected chi connectivity index (χ0v) is 41.5. The number of rotatable bonds is 46. The van der Waals surface area contributed by atoms with Gasteiger partial charge in [-0.2, -0.15) is 0 Å². The highest BCUT2D eigenvalue weighted by Crippen LogP contribution is 2.12. The quantitative estimate of drug-likeness (QED) is 0.0346. The summed E-state index contributed by atoms with van der Waals surface area (Å²) < 4.78 is 17.3. The molecular formula is C59H96O5. The fourth-order valence-corrected chi connectivity index (χ4v) is 6.66. The van der Waals surface area contributed by atoms with Gasteiger partial charge < -0.3 is 14.2 Å². The van der Waals surface area contributed by atoms with Crippen LogP contribution in [0, 0.1) is 0 Å². The van der Waals surface area contributed by atoms with E-state index in [2.05, 4.69) is 136 Å². The number of unbranched alkanes of at least 4 members (excludes halogenated alkanes) is 15. The van der Waals surface area contributed by atoms with Gasteiger partial charge in [0.1, 0.15) is 6.61 Å². The molecule has 0 aromatic heterocycles. The number of ether oxygens (including phenoxy) is 3. The van der Waals surface area contributed by atoms with Crippen LogP contribution in [0.1, 0.15) is 213 Å². The fraction of sp³-hybridized carbons (Fsp3) is 0.627. The van der Waals surface area contributed by atoms with Crippen LogP contribution in [0.5, 0.6) is 0 Å². The molecule has 0 spiro atoms. The van der Waals surface area contributed by atoms with Crippen LogP contribution in [0.4, 0.5) is 0 Å². The topological polar surface area (TPSA) is 61.8 Å². The molecule has 0 aliphatic rings. The van der Waals surface area contributed by atoms with Gasteiger partial charge in [0.25, 0.3) is 0 Å². The molecule has 1 unspecified atom stereocenters. The normalized spacial score (nSPS) is 13.2. The summed E-state index contributed by atoms with van der Waals surface area (Å²) in [6, 6.07) is 0. The second-order valence-electron chi connectivity index (χ2n) is 16.7. The van der Waals surface area contributed by atoms with Crippen molar-refractivity contribution < 1.29 is 23.8 Å². The first kappa shape index (κ1) is 60.3. The largest absolute Gasteiger partial charge is 0.462 e. The molecule has 0 amide bonds. The number of carbonyl (C=O) groups is 2. The number of carbonyl (C=O) groups excluding carboxylic acids is 2. The van der Waals surface area contributed by atoms with Crippen molar-refractivity contribution in [3.8, 4) is 0 Å². The van der Waals surface area contributed by atoms with E-state index in [4.69, 9.17) is 14.2 Å². The van der Waals surface area contributed by atoms with E-state index in [1.807, 2.05) is 6.08 Å². The van der Waals surface area contributed by atoms with Gasteiger partial charge in [-0.1, -0.05) is 206 Å². The third-order valence-electron chi connectivity index (χ3n) is 10.5. The van der Waals surface area contributed by atoms with Crippen molar-refractivity contribution in [1.29, 1.82) is 0 Å². The molecule has 0 aliphatic heterocycles. The van der Waals surface area contributed by atoms with E-state index in [-0.39, 0.29) is 31.6 Å². The second kappa shape index (κ2) is 53.6. The zero-order chi connectivity index (χ0) is 46.3. The summed E-state index contributed by atoms with van der Waals surface area (Å²) in [7, 11) is 0. The molecule has 64 heavy (non-hydrogen) atoms. The lowest BCUT2D eigenvalue weighted by atomic mass is 10.1. The molecule has 0 saturated carbocycles. The molecule has 5 nitrogen and oxygen atoms in total. The first-order valence-electron chi connectivity index (χ1n) is 26.1. The Hall–Kier alpha value is -3.70. The molecule has 0 bridgehead atoms. The molecular weight excluding hydrogens is 789 g/mol. The number of allylic oxidation sites excluding steroid dienone is 20. The Morgan fingerprint density at radius 1 is 0.359 bits per heavy atom. The van der Waals surface area contributed by atoms with Crippen LogP contribution < -0.4 is 0 Å². The van der Waals surface area contributed by atoms with Gasteiger partial charge in [-0.25, -0.2) is 0 Å². The average molecular weight is 885 g/mol. The van der Waals surface area contributed by atoms with Crippen LogP contribution in [0.15, 0.2) is 122 Å². The highest BCUT2D eigenvalue weighted by atomic mass is 16.6. The summed E-state index contributed by atoms with van der Waals surface area (Å²) in [6.45, 7) is 7.43. The van der Waals surface area contributed by atoms with Crippen LogP contribution in [0.25, 0.3) is 0 Å². The molecule has 5 heteroatoms. The highest BCUT2D eigenvalue weighted by Gasteiger charge is 2.17. The van der Waals surface area contributed by atoms with Crippen molar-refractivity contribution in [1.82, 2.24) is 0 Å². The second-order valence-corrected chi connectivity index (χ2v) is 16.7. The Bertz CT molecular complexity index is 1320. The molecule has 0 aromatic carbocycles. The van der Waals surface area contributed by atoms with Gasteiger partial charge in [-0.15, -0.1) is 0 Å². The van der Waals surface area contributed by atoms with Crippen molar-refractivity contribution in [2.24, 2.45) is 0 Å². The maximum absolute atomic E-state index is 12.8. The Kier molecular flexibility index (Phi) is 50.5. The minimum atomic E-state index is -0.599. The van der Waals surface area contributed by atoms with E-state index in [9.17, 15) is 9.59 Å². The average Bonchev–Trinajstić information content (AvgIpc) is 3.30. The van der Waals surface area contributed by atoms with Crippen molar-refractivity contribution in [2.75, 3.05) is 19.8 Å². The Morgan fingerprint density at radius 3 is 1.20 bits per heavy atom. The van der Waals surface area contributed by atoms with Crippen molar-refractivity contribution in [3.63, 3.8) is 0 Å². The summed E-state index contributed by atoms with van der Waals surface area (Å²) in [5, 5.41) is 0. The van der Waals surface area contributed by atoms with Crippen LogP contribution in [0.3, 0.4) is 0 Å². The van der Waals surface area contributed by atoms with E-state index in [0.717, 1.165) is 116 Å². The molecule has 362 valence electrons.